The Morgan fingerprint density at radius 1 is 1.30 bits per heavy atom. The molecule has 20 heavy (non-hydrogen) atoms. The number of carboxylic acid groups (broad SMARTS) is 1. The smallest absolute Gasteiger partial charge is 0.308 e. The molecule has 1 aliphatic rings. The van der Waals surface area contributed by atoms with Crippen LogP contribution in [0.25, 0.3) is 0 Å². The lowest BCUT2D eigenvalue weighted by Gasteiger charge is -2.16. The lowest BCUT2D eigenvalue weighted by Crippen LogP contribution is -2.30. The molecule has 1 saturated heterocycles. The summed E-state index contributed by atoms with van der Waals surface area (Å²) in [7, 11) is -3.59. The molecule has 0 saturated carbocycles. The molecular formula is C14H19NO4S. The highest BCUT2D eigenvalue weighted by Gasteiger charge is 2.40. The molecule has 0 aliphatic carbocycles. The Balaban J connectivity index is 2.25. The van der Waals surface area contributed by atoms with E-state index < -0.39 is 21.9 Å². The summed E-state index contributed by atoms with van der Waals surface area (Å²) in [6.45, 7) is 4.08. The second-order valence-corrected chi connectivity index (χ2v) is 7.18. The van der Waals surface area contributed by atoms with E-state index in [0.717, 1.165) is 12.0 Å². The molecule has 1 aromatic carbocycles. The van der Waals surface area contributed by atoms with Gasteiger partial charge in [-0.25, -0.2) is 8.42 Å². The van der Waals surface area contributed by atoms with Gasteiger partial charge in [-0.05, 0) is 30.0 Å². The zero-order valence-corrected chi connectivity index (χ0v) is 12.4. The molecule has 1 heterocycles. The summed E-state index contributed by atoms with van der Waals surface area (Å²) in [4.78, 5) is 11.3. The van der Waals surface area contributed by atoms with Gasteiger partial charge in [0.25, 0.3) is 0 Å². The van der Waals surface area contributed by atoms with E-state index in [-0.39, 0.29) is 23.9 Å². The maximum Gasteiger partial charge on any atom is 0.308 e. The van der Waals surface area contributed by atoms with Crippen molar-refractivity contribution in [3.63, 3.8) is 0 Å². The Bertz CT molecular complexity index is 594. The number of nitrogens with zero attached hydrogens (tertiary/aromatic N) is 1. The topological polar surface area (TPSA) is 74.7 Å². The zero-order chi connectivity index (χ0) is 14.9. The van der Waals surface area contributed by atoms with Crippen LogP contribution >= 0.6 is 0 Å². The van der Waals surface area contributed by atoms with Gasteiger partial charge in [-0.1, -0.05) is 26.0 Å². The molecule has 0 aromatic heterocycles. The van der Waals surface area contributed by atoms with Gasteiger partial charge in [0.1, 0.15) is 0 Å². The molecule has 2 rings (SSSR count). The highest BCUT2D eigenvalue weighted by Crippen LogP contribution is 2.28. The van der Waals surface area contributed by atoms with Crippen LogP contribution in [-0.4, -0.2) is 36.9 Å². The van der Waals surface area contributed by atoms with Gasteiger partial charge in [0.15, 0.2) is 0 Å². The van der Waals surface area contributed by atoms with E-state index >= 15 is 0 Å². The Morgan fingerprint density at radius 3 is 2.35 bits per heavy atom. The predicted octanol–water partition coefficient (Wildman–Crippen LogP) is 1.59. The third-order valence-corrected chi connectivity index (χ3v) is 5.71. The minimum atomic E-state index is -3.59. The van der Waals surface area contributed by atoms with Crippen LogP contribution in [0.1, 0.15) is 19.4 Å². The second kappa shape index (κ2) is 5.54. The number of aryl methyl sites for hydroxylation is 1. The van der Waals surface area contributed by atoms with Crippen molar-refractivity contribution in [3.05, 3.63) is 29.8 Å². The highest BCUT2D eigenvalue weighted by molar-refractivity contribution is 7.89. The molecule has 5 nitrogen and oxygen atoms in total. The Kier molecular flexibility index (Phi) is 4.15. The number of rotatable bonds is 4. The largest absolute Gasteiger partial charge is 0.481 e. The average molecular weight is 297 g/mol. The third kappa shape index (κ3) is 2.71. The first-order valence-electron chi connectivity index (χ1n) is 6.68. The van der Waals surface area contributed by atoms with Crippen LogP contribution in [0, 0.1) is 11.8 Å². The molecule has 1 aliphatic heterocycles. The van der Waals surface area contributed by atoms with Crippen molar-refractivity contribution >= 4 is 16.0 Å². The Hall–Kier alpha value is -1.40. The van der Waals surface area contributed by atoms with Crippen molar-refractivity contribution < 1.29 is 18.3 Å². The van der Waals surface area contributed by atoms with Gasteiger partial charge in [-0.2, -0.15) is 4.31 Å². The van der Waals surface area contributed by atoms with Gasteiger partial charge in [0.05, 0.1) is 10.8 Å². The number of hydrogen-bond donors (Lipinski definition) is 1. The van der Waals surface area contributed by atoms with Crippen LogP contribution in [0.3, 0.4) is 0 Å². The Labute approximate surface area is 119 Å². The fourth-order valence-corrected chi connectivity index (χ4v) is 4.05. The van der Waals surface area contributed by atoms with Gasteiger partial charge >= 0.3 is 5.97 Å². The summed E-state index contributed by atoms with van der Waals surface area (Å²) >= 11 is 0. The van der Waals surface area contributed by atoms with E-state index in [4.69, 9.17) is 5.11 Å². The molecule has 1 aromatic rings. The lowest BCUT2D eigenvalue weighted by atomic mass is 9.99. The molecule has 0 spiro atoms. The lowest BCUT2D eigenvalue weighted by molar-refractivity contribution is -0.142. The minimum absolute atomic E-state index is 0.0500. The van der Waals surface area contributed by atoms with E-state index in [2.05, 4.69) is 0 Å². The van der Waals surface area contributed by atoms with Crippen molar-refractivity contribution in [2.24, 2.45) is 11.8 Å². The number of carbonyl (C=O) groups is 1. The molecule has 0 radical (unpaired) electrons. The summed E-state index contributed by atoms with van der Waals surface area (Å²) in [6.07, 6.45) is 0.849. The summed E-state index contributed by atoms with van der Waals surface area (Å²) < 4.78 is 26.2. The second-order valence-electron chi connectivity index (χ2n) is 5.24. The Morgan fingerprint density at radius 2 is 1.90 bits per heavy atom. The molecule has 1 N–H and O–H groups in total. The molecule has 0 amide bonds. The first-order valence-corrected chi connectivity index (χ1v) is 8.12. The first-order chi connectivity index (χ1) is 9.36. The quantitative estimate of drug-likeness (QED) is 0.916. The summed E-state index contributed by atoms with van der Waals surface area (Å²) in [5.74, 6) is -1.73. The molecule has 0 unspecified atom stereocenters. The average Bonchev–Trinajstić information content (AvgIpc) is 2.82. The maximum atomic E-state index is 12.5. The van der Waals surface area contributed by atoms with Gasteiger partial charge < -0.3 is 5.11 Å². The number of hydrogen-bond acceptors (Lipinski definition) is 3. The fraction of sp³-hybridized carbons (Fsp3) is 0.500. The van der Waals surface area contributed by atoms with Crippen LogP contribution in [0.2, 0.25) is 0 Å². The van der Waals surface area contributed by atoms with Crippen LogP contribution < -0.4 is 0 Å². The van der Waals surface area contributed by atoms with E-state index in [1.54, 1.807) is 31.2 Å². The van der Waals surface area contributed by atoms with Crippen LogP contribution in [0.5, 0.6) is 0 Å². The van der Waals surface area contributed by atoms with Crippen molar-refractivity contribution in [3.8, 4) is 0 Å². The molecule has 1 fully saturated rings. The zero-order valence-electron chi connectivity index (χ0n) is 11.6. The van der Waals surface area contributed by atoms with E-state index in [1.807, 2.05) is 6.92 Å². The predicted molar refractivity (Wildman–Crippen MR) is 74.9 cm³/mol. The first kappa shape index (κ1) is 15.0. The normalized spacial score (nSPS) is 23.9. The summed E-state index contributed by atoms with van der Waals surface area (Å²) in [5, 5.41) is 9.08. The monoisotopic (exact) mass is 297 g/mol. The number of carboxylic acids is 1. The van der Waals surface area contributed by atoms with Gasteiger partial charge in [0.2, 0.25) is 10.0 Å². The van der Waals surface area contributed by atoms with Crippen LogP contribution in [0.4, 0.5) is 0 Å². The van der Waals surface area contributed by atoms with E-state index in [9.17, 15) is 13.2 Å². The maximum absolute atomic E-state index is 12.5. The third-order valence-electron chi connectivity index (χ3n) is 3.87. The number of aliphatic carboxylic acids is 1. The van der Waals surface area contributed by atoms with Crippen LogP contribution in [-0.2, 0) is 21.2 Å². The molecular weight excluding hydrogens is 278 g/mol. The van der Waals surface area contributed by atoms with Crippen LogP contribution in [0.15, 0.2) is 29.2 Å². The summed E-state index contributed by atoms with van der Waals surface area (Å²) in [6, 6.07) is 6.77. The molecule has 2 atom stereocenters. The van der Waals surface area contributed by atoms with E-state index in [1.165, 1.54) is 4.31 Å². The highest BCUT2D eigenvalue weighted by atomic mass is 32.2. The van der Waals surface area contributed by atoms with Gasteiger partial charge in [-0.3, -0.25) is 4.79 Å². The van der Waals surface area contributed by atoms with Crippen molar-refractivity contribution in [1.29, 1.82) is 0 Å². The SMILES string of the molecule is CCc1ccc(S(=O)(=O)N2C[C@@H](C)[C@H](C(=O)O)C2)cc1. The number of benzene rings is 1. The number of sulfonamides is 1. The van der Waals surface area contributed by atoms with Gasteiger partial charge in [-0.15, -0.1) is 0 Å². The van der Waals surface area contributed by atoms with Crippen molar-refractivity contribution in [2.45, 2.75) is 25.2 Å². The molecule has 6 heteroatoms. The minimum Gasteiger partial charge on any atom is -0.481 e. The van der Waals surface area contributed by atoms with Crippen molar-refractivity contribution in [1.82, 2.24) is 4.31 Å². The summed E-state index contributed by atoms with van der Waals surface area (Å²) in [5.41, 5.74) is 1.07. The van der Waals surface area contributed by atoms with E-state index in [0.29, 0.717) is 0 Å². The van der Waals surface area contributed by atoms with Crippen molar-refractivity contribution in [2.75, 3.05) is 13.1 Å². The molecule has 0 bridgehead atoms. The standard InChI is InChI=1S/C14H19NO4S/c1-3-11-4-6-12(7-5-11)20(18,19)15-8-10(2)13(9-15)14(16)17/h4-7,10,13H,3,8-9H2,1-2H3,(H,16,17)/t10-,13-/m1/s1. The fourth-order valence-electron chi connectivity index (χ4n) is 2.49. The molecule has 110 valence electrons. The van der Waals surface area contributed by atoms with Gasteiger partial charge in [0, 0.05) is 13.1 Å².